The molecular formula is C60H70Cl2N4O10S2. The van der Waals surface area contributed by atoms with E-state index in [1.165, 1.54) is 36.1 Å². The summed E-state index contributed by atoms with van der Waals surface area (Å²) in [7, 11) is -7.86. The van der Waals surface area contributed by atoms with Crippen LogP contribution in [0.1, 0.15) is 121 Å². The number of aryl methyl sites for hydroxylation is 2. The van der Waals surface area contributed by atoms with Gasteiger partial charge in [-0.2, -0.15) is 0 Å². The molecule has 4 heterocycles. The van der Waals surface area contributed by atoms with Crippen molar-refractivity contribution in [3.8, 4) is 11.5 Å². The van der Waals surface area contributed by atoms with Crippen molar-refractivity contribution < 1.29 is 46.1 Å². The molecule has 2 spiro atoms. The summed E-state index contributed by atoms with van der Waals surface area (Å²) in [6.45, 7) is 6.93. The third-order valence-electron chi connectivity index (χ3n) is 18.5. The van der Waals surface area contributed by atoms with Crippen LogP contribution >= 0.6 is 23.2 Å². The molecule has 78 heavy (non-hydrogen) atoms. The summed E-state index contributed by atoms with van der Waals surface area (Å²) >= 11 is 12.7. The number of aliphatic hydroxyl groups excluding tert-OH is 2. The molecule has 2 amide bonds. The third kappa shape index (κ3) is 10.8. The third-order valence-corrected chi connectivity index (χ3v) is 22.1. The zero-order chi connectivity index (χ0) is 54.7. The number of carbonyl (C=O) groups is 2. The van der Waals surface area contributed by atoms with Gasteiger partial charge in [-0.1, -0.05) is 59.6 Å². The van der Waals surface area contributed by atoms with Crippen molar-refractivity contribution in [2.75, 3.05) is 49.2 Å². The van der Waals surface area contributed by atoms with Gasteiger partial charge in [0.05, 0.1) is 47.3 Å². The van der Waals surface area contributed by atoms with Gasteiger partial charge in [0.2, 0.25) is 20.0 Å². The van der Waals surface area contributed by atoms with Crippen LogP contribution in [0.25, 0.3) is 0 Å². The average Bonchev–Trinajstić information content (AvgIpc) is 3.88. The summed E-state index contributed by atoms with van der Waals surface area (Å²) in [5, 5.41) is 21.7. The lowest BCUT2D eigenvalue weighted by Crippen LogP contribution is -2.49. The van der Waals surface area contributed by atoms with Gasteiger partial charge in [0, 0.05) is 58.2 Å². The number of anilines is 2. The minimum absolute atomic E-state index is 0.135. The van der Waals surface area contributed by atoms with Crippen molar-refractivity contribution in [2.24, 2.45) is 23.7 Å². The van der Waals surface area contributed by atoms with E-state index in [0.29, 0.717) is 50.6 Å². The number of sulfonamides is 2. The average molecular weight is 1140 g/mol. The summed E-state index contributed by atoms with van der Waals surface area (Å²) in [6, 6.07) is 22.6. The van der Waals surface area contributed by atoms with E-state index in [9.17, 15) is 36.6 Å². The van der Waals surface area contributed by atoms with Gasteiger partial charge in [0.1, 0.15) is 11.5 Å². The van der Waals surface area contributed by atoms with E-state index in [4.69, 9.17) is 32.7 Å². The topological polar surface area (TPSA) is 192 Å². The fourth-order valence-corrected chi connectivity index (χ4v) is 15.8. The zero-order valence-corrected chi connectivity index (χ0v) is 47.4. The molecule has 0 aromatic heterocycles. The maximum atomic E-state index is 13.1. The fraction of sp³-hybridized carbons (Fsp3) is 0.500. The van der Waals surface area contributed by atoms with Gasteiger partial charge in [-0.15, -0.1) is 0 Å². The molecule has 4 aromatic rings. The molecule has 4 aliphatic heterocycles. The molecular weight excluding hydrogens is 1070 g/mol. The van der Waals surface area contributed by atoms with Crippen molar-refractivity contribution in [3.05, 3.63) is 141 Å². The summed E-state index contributed by atoms with van der Waals surface area (Å²) < 4.78 is 68.9. The van der Waals surface area contributed by atoms with Crippen LogP contribution in [0.15, 0.2) is 97.1 Å². The highest BCUT2D eigenvalue weighted by molar-refractivity contribution is 7.91. The highest BCUT2D eigenvalue weighted by Gasteiger charge is 2.47. The number of fused-ring (bicyclic) bond motifs is 8. The van der Waals surface area contributed by atoms with Gasteiger partial charge in [-0.25, -0.2) is 26.3 Å². The van der Waals surface area contributed by atoms with E-state index < -0.39 is 54.6 Å². The summed E-state index contributed by atoms with van der Waals surface area (Å²) in [5.41, 5.74) is 6.66. The van der Waals surface area contributed by atoms with Gasteiger partial charge in [-0.3, -0.25) is 9.59 Å². The van der Waals surface area contributed by atoms with Crippen LogP contribution in [0, 0.1) is 23.7 Å². The maximum Gasteiger partial charge on any atom is 0.264 e. The van der Waals surface area contributed by atoms with Crippen LogP contribution in [0.2, 0.25) is 10.0 Å². The lowest BCUT2D eigenvalue weighted by Gasteiger charge is -2.45. The summed E-state index contributed by atoms with van der Waals surface area (Å²) in [4.78, 5) is 30.9. The monoisotopic (exact) mass is 1140 g/mol. The minimum atomic E-state index is -3.93. The number of hydrogen-bond acceptors (Lipinski definition) is 12. The first kappa shape index (κ1) is 54.8. The van der Waals surface area contributed by atoms with Crippen LogP contribution in [0.5, 0.6) is 11.5 Å². The Hall–Kier alpha value is -5.10. The van der Waals surface area contributed by atoms with E-state index in [1.807, 2.05) is 12.1 Å². The number of hydrogen-bond donors (Lipinski definition) is 4. The predicted octanol–water partition coefficient (Wildman–Crippen LogP) is 9.22. The second-order valence-electron chi connectivity index (χ2n) is 23.4. The Morgan fingerprint density at radius 2 is 1.01 bits per heavy atom. The Morgan fingerprint density at radius 1 is 0.590 bits per heavy atom. The van der Waals surface area contributed by atoms with E-state index >= 15 is 0 Å². The molecule has 0 radical (unpaired) electrons. The Morgan fingerprint density at radius 3 is 1.41 bits per heavy atom. The number of carbonyl (C=O) groups excluding carboxylic acids is 2. The molecule has 0 saturated heterocycles. The van der Waals surface area contributed by atoms with Crippen molar-refractivity contribution in [3.63, 3.8) is 0 Å². The van der Waals surface area contributed by atoms with Crippen LogP contribution < -0.4 is 28.7 Å². The van der Waals surface area contributed by atoms with Gasteiger partial charge in [-0.05, 0) is 197 Å². The minimum Gasteiger partial charge on any atom is -0.490 e. The smallest absolute Gasteiger partial charge is 0.264 e. The van der Waals surface area contributed by atoms with Crippen molar-refractivity contribution in [1.82, 2.24) is 9.44 Å². The van der Waals surface area contributed by atoms with Gasteiger partial charge in [0.15, 0.2) is 0 Å². The van der Waals surface area contributed by atoms with Crippen LogP contribution in [-0.2, 0) is 43.7 Å². The molecule has 8 aliphatic rings. The molecule has 0 unspecified atom stereocenters. The number of benzene rings is 4. The number of ether oxygens (including phenoxy) is 2. The first-order valence-corrected chi connectivity index (χ1v) is 31.6. The lowest BCUT2D eigenvalue weighted by molar-refractivity contribution is 0.0175. The normalized spacial score (nSPS) is 32.7. The molecule has 2 saturated carbocycles. The SMILES string of the molecule is C[C@@H]1/C=C/C[C@H](O)[C@@H]2CC[C@H]2CN2C[C@@]3(CCCc4cc(Cl)ccc43)COc3ccc(cc32)C(=O)NS1(=O)=O.C[C@H]1/C=C/C[C@H](O)[C@@H]2CC[C@H]2CN2C[C@@]3(CCCc4cc(Cl)ccc43)COc3ccc(cc32)C(=O)NS1(=O)=O. The second-order valence-corrected chi connectivity index (χ2v) is 28.4. The largest absolute Gasteiger partial charge is 0.490 e. The molecule has 4 aliphatic carbocycles. The van der Waals surface area contributed by atoms with Gasteiger partial charge >= 0.3 is 0 Å². The Balaban J connectivity index is 0.000000165. The molecule has 10 atom stereocenters. The number of amides is 2. The van der Waals surface area contributed by atoms with Crippen molar-refractivity contribution in [1.29, 1.82) is 0 Å². The van der Waals surface area contributed by atoms with Crippen LogP contribution in [0.3, 0.4) is 0 Å². The van der Waals surface area contributed by atoms with E-state index in [1.54, 1.807) is 60.7 Å². The van der Waals surface area contributed by atoms with E-state index in [-0.39, 0.29) is 45.6 Å². The lowest BCUT2D eigenvalue weighted by atomic mass is 9.68. The summed E-state index contributed by atoms with van der Waals surface area (Å²) in [5.74, 6) is 0.886. The van der Waals surface area contributed by atoms with Crippen molar-refractivity contribution >= 4 is 66.4 Å². The number of halogens is 2. The van der Waals surface area contributed by atoms with Gasteiger partial charge < -0.3 is 29.5 Å². The number of aliphatic hydroxyl groups is 2. The Labute approximate surface area is 468 Å². The maximum absolute atomic E-state index is 13.1. The van der Waals surface area contributed by atoms with Crippen LogP contribution in [-0.4, -0.2) is 101 Å². The van der Waals surface area contributed by atoms with Crippen molar-refractivity contribution in [2.45, 2.75) is 124 Å². The standard InChI is InChI=1S/2C30H35ClN2O5S/c2*1-19-4-2-6-27(34)24-10-7-22(24)16-33-17-30(13-3-5-20-14-23(31)9-11-25(20)30)18-38-28-12-8-21(15-26(28)33)29(35)32-39(19,36)37/h2*2,4,8-9,11-12,14-15,19,22,24,27,34H,3,5-7,10,13,16-18H2,1H3,(H,32,35)/b2*4-2+/t19-,22+,24-,27+,30+;19-,22-,24+,27-,30-/m10/s1. The molecule has 2 fully saturated rings. The highest BCUT2D eigenvalue weighted by atomic mass is 35.5. The molecule has 18 heteroatoms. The molecule has 4 N–H and O–H groups in total. The first-order chi connectivity index (χ1) is 37.3. The molecule has 12 rings (SSSR count). The highest BCUT2D eigenvalue weighted by Crippen LogP contribution is 2.49. The second kappa shape index (κ2) is 21.8. The van der Waals surface area contributed by atoms with Crippen LogP contribution in [0.4, 0.5) is 11.4 Å². The molecule has 4 bridgehead atoms. The van der Waals surface area contributed by atoms with E-state index in [2.05, 4.69) is 43.5 Å². The van der Waals surface area contributed by atoms with Gasteiger partial charge in [0.25, 0.3) is 11.8 Å². The number of nitrogens with one attached hydrogen (secondary N) is 2. The quantitative estimate of drug-likeness (QED) is 0.122. The first-order valence-electron chi connectivity index (χ1n) is 27.7. The number of nitrogens with zero attached hydrogens (tertiary/aromatic N) is 2. The number of rotatable bonds is 0. The Kier molecular flexibility index (Phi) is 15.3. The molecule has 4 aromatic carbocycles. The van der Waals surface area contributed by atoms with E-state index in [0.717, 1.165) is 98.7 Å². The summed E-state index contributed by atoms with van der Waals surface area (Å²) in [6.07, 6.45) is 16.1. The molecule has 14 nitrogen and oxygen atoms in total. The zero-order valence-electron chi connectivity index (χ0n) is 44.2. The Bertz CT molecular complexity index is 3070. The molecule has 416 valence electrons. The fourth-order valence-electron chi connectivity index (χ4n) is 13.7. The predicted molar refractivity (Wildman–Crippen MR) is 304 cm³/mol.